The molecule has 0 saturated carbocycles. The Bertz CT molecular complexity index is 1620. The van der Waals surface area contributed by atoms with Crippen LogP contribution < -0.4 is 8.25 Å². The van der Waals surface area contributed by atoms with E-state index >= 15 is 0 Å². The summed E-state index contributed by atoms with van der Waals surface area (Å²) < 4.78 is 112. The Morgan fingerprint density at radius 3 is 2.00 bits per heavy atom. The average molecular weight is 557 g/mol. The van der Waals surface area contributed by atoms with Gasteiger partial charge in [-0.05, 0) is 24.6 Å². The number of carbonyl (C=O) groups excluding carboxylic acids is 2. The number of sulfonamides is 2. The van der Waals surface area contributed by atoms with Crippen molar-refractivity contribution in [2.24, 2.45) is 0 Å². The number of ketones is 2. The van der Waals surface area contributed by atoms with Crippen molar-refractivity contribution in [1.29, 1.82) is 0 Å². The molecule has 0 bridgehead atoms. The number of hydrogen-bond donors (Lipinski definition) is 4. The Morgan fingerprint density at radius 1 is 0.882 bits per heavy atom. The van der Waals surface area contributed by atoms with E-state index in [1.165, 1.54) is 6.92 Å². The van der Waals surface area contributed by atoms with Crippen molar-refractivity contribution < 1.29 is 52.4 Å². The third kappa shape index (κ3) is 4.75. The quantitative estimate of drug-likeness (QED) is 0.304. The van der Waals surface area contributed by atoms with Crippen LogP contribution >= 0.6 is 0 Å². The van der Waals surface area contributed by atoms with Crippen LogP contribution in [0.25, 0.3) is 0 Å². The first kappa shape index (κ1) is 26.3. The summed E-state index contributed by atoms with van der Waals surface area (Å²) in [6.07, 6.45) is 1.07. The van der Waals surface area contributed by atoms with Crippen molar-refractivity contribution in [3.8, 4) is 0 Å². The Balaban J connectivity index is 2.11. The lowest BCUT2D eigenvalue weighted by Gasteiger charge is -2.34. The summed E-state index contributed by atoms with van der Waals surface area (Å²) in [6.45, 7) is 1.36. The molecule has 1 aromatic carbocycles. The Labute approximate surface area is 194 Å². The van der Waals surface area contributed by atoms with Crippen LogP contribution in [-0.2, 0) is 40.7 Å². The van der Waals surface area contributed by atoms with E-state index in [-0.39, 0.29) is 23.1 Å². The molecule has 0 spiro atoms. The number of fused-ring (bicyclic) bond motifs is 1. The first-order valence-electron chi connectivity index (χ1n) is 9.00. The highest BCUT2D eigenvalue weighted by molar-refractivity contribution is 8.03. The normalized spacial score (nSPS) is 21.4. The van der Waals surface area contributed by atoms with Gasteiger partial charge in [-0.1, -0.05) is 27.3 Å². The van der Waals surface area contributed by atoms with Crippen molar-refractivity contribution >= 4 is 52.2 Å². The molecule has 0 fully saturated rings. The SMILES string of the molecule is CCC1(S(=O)(=O)NS(=O)(=O)O)C=CC2=C(C1)C(=O)c1cc(S(=O)(=O)NS(=O)(=O)O)ccc1C2=O. The fraction of sp³-hybridized carbons (Fsp3) is 0.250. The van der Waals surface area contributed by atoms with Gasteiger partial charge in [0.25, 0.3) is 10.0 Å². The monoisotopic (exact) mass is 556 g/mol. The second-order valence-electron chi connectivity index (χ2n) is 7.31. The molecule has 34 heavy (non-hydrogen) atoms. The minimum absolute atomic E-state index is 0.199. The maximum Gasteiger partial charge on any atom is 0.346 e. The molecule has 0 amide bonds. The number of hydrogen-bond acceptors (Lipinski definition) is 10. The molecule has 1 aromatic rings. The van der Waals surface area contributed by atoms with Gasteiger partial charge >= 0.3 is 20.6 Å². The summed E-state index contributed by atoms with van der Waals surface area (Å²) in [4.78, 5) is 25.3. The number of Topliss-reactive ketones (excluding diaryl/α,β-unsaturated/α-hetero) is 2. The van der Waals surface area contributed by atoms with Crippen LogP contribution in [0, 0.1) is 0 Å². The smallest absolute Gasteiger partial charge is 0.289 e. The molecule has 14 nitrogen and oxygen atoms in total. The van der Waals surface area contributed by atoms with E-state index in [2.05, 4.69) is 0 Å². The molecule has 1 atom stereocenters. The molecule has 4 N–H and O–H groups in total. The molecular weight excluding hydrogens is 540 g/mol. The number of carbonyl (C=O) groups is 2. The Kier molecular flexibility index (Phi) is 6.28. The summed E-state index contributed by atoms with van der Waals surface area (Å²) in [5.74, 6) is -1.73. The maximum absolute atomic E-state index is 13.2. The van der Waals surface area contributed by atoms with Crippen molar-refractivity contribution in [3.63, 3.8) is 0 Å². The van der Waals surface area contributed by atoms with E-state index in [4.69, 9.17) is 9.11 Å². The first-order chi connectivity index (χ1) is 15.3. The summed E-state index contributed by atoms with van der Waals surface area (Å²) in [7, 11) is -20.1. The van der Waals surface area contributed by atoms with E-state index < -0.39 is 73.8 Å². The van der Waals surface area contributed by atoms with Crippen molar-refractivity contribution in [1.82, 2.24) is 8.25 Å². The summed E-state index contributed by atoms with van der Waals surface area (Å²) in [6, 6.07) is 2.46. The molecule has 3 rings (SSSR count). The molecule has 186 valence electrons. The third-order valence-corrected chi connectivity index (χ3v) is 11.2. The minimum atomic E-state index is -5.20. The van der Waals surface area contributed by atoms with E-state index in [0.29, 0.717) is 6.07 Å². The van der Waals surface area contributed by atoms with Gasteiger partial charge in [-0.3, -0.25) is 18.7 Å². The van der Waals surface area contributed by atoms with Crippen LogP contribution in [0.1, 0.15) is 40.5 Å². The topological polar surface area (TPSA) is 235 Å². The Hall–Kier alpha value is -2.32. The minimum Gasteiger partial charge on any atom is -0.289 e. The van der Waals surface area contributed by atoms with Crippen LogP contribution in [0.5, 0.6) is 0 Å². The van der Waals surface area contributed by atoms with Crippen molar-refractivity contribution in [3.05, 3.63) is 52.6 Å². The zero-order valence-electron chi connectivity index (χ0n) is 16.9. The number of benzene rings is 1. The van der Waals surface area contributed by atoms with Gasteiger partial charge in [-0.2, -0.15) is 16.8 Å². The number of nitrogens with one attached hydrogen (secondary N) is 2. The van der Waals surface area contributed by atoms with Gasteiger partial charge in [-0.15, -0.1) is 0 Å². The van der Waals surface area contributed by atoms with E-state index in [0.717, 1.165) is 32.5 Å². The predicted molar refractivity (Wildman–Crippen MR) is 114 cm³/mol. The van der Waals surface area contributed by atoms with Gasteiger partial charge < -0.3 is 0 Å². The highest BCUT2D eigenvalue weighted by Gasteiger charge is 2.48. The molecule has 18 heteroatoms. The predicted octanol–water partition coefficient (Wildman–Crippen LogP) is -0.726. The maximum atomic E-state index is 13.2. The van der Waals surface area contributed by atoms with Crippen LogP contribution in [0.2, 0.25) is 0 Å². The lowest BCUT2D eigenvalue weighted by Crippen LogP contribution is -2.48. The molecule has 0 heterocycles. The zero-order chi connectivity index (χ0) is 25.9. The summed E-state index contributed by atoms with van der Waals surface area (Å²) in [5, 5.41) is 0. The Morgan fingerprint density at radius 2 is 1.47 bits per heavy atom. The largest absolute Gasteiger partial charge is 0.346 e. The third-order valence-electron chi connectivity index (χ3n) is 5.23. The lowest BCUT2D eigenvalue weighted by atomic mass is 9.76. The lowest BCUT2D eigenvalue weighted by molar-refractivity contribution is 0.0972. The summed E-state index contributed by atoms with van der Waals surface area (Å²) in [5.41, 5.74) is -1.29. The molecule has 2 aliphatic rings. The van der Waals surface area contributed by atoms with Gasteiger partial charge in [0.15, 0.2) is 11.6 Å². The van der Waals surface area contributed by atoms with Crippen molar-refractivity contribution in [2.75, 3.05) is 0 Å². The molecule has 0 aromatic heterocycles. The van der Waals surface area contributed by atoms with Gasteiger partial charge in [0.1, 0.15) is 4.75 Å². The van der Waals surface area contributed by atoms with Crippen molar-refractivity contribution in [2.45, 2.75) is 29.4 Å². The first-order valence-corrected chi connectivity index (χ1v) is 14.8. The number of rotatable bonds is 7. The summed E-state index contributed by atoms with van der Waals surface area (Å²) >= 11 is 0. The highest BCUT2D eigenvalue weighted by atomic mass is 32.3. The molecule has 1 unspecified atom stereocenters. The molecule has 2 aliphatic carbocycles. The van der Waals surface area contributed by atoms with Gasteiger partial charge in [0.05, 0.1) is 4.90 Å². The molecule has 0 saturated heterocycles. The second kappa shape index (κ2) is 8.12. The number of allylic oxidation sites excluding steroid dienone is 3. The van der Waals surface area contributed by atoms with Gasteiger partial charge in [0.2, 0.25) is 10.0 Å². The highest BCUT2D eigenvalue weighted by Crippen LogP contribution is 2.41. The average Bonchev–Trinajstić information content (AvgIpc) is 2.67. The fourth-order valence-corrected chi connectivity index (χ4v) is 8.36. The second-order valence-corrected chi connectivity index (χ2v) is 13.8. The zero-order valence-corrected chi connectivity index (χ0v) is 20.2. The van der Waals surface area contributed by atoms with Crippen LogP contribution in [-0.4, -0.2) is 59.1 Å². The van der Waals surface area contributed by atoms with Gasteiger partial charge in [-0.25, -0.2) is 16.8 Å². The molecular formula is C16H16N2O12S4. The van der Waals surface area contributed by atoms with E-state index in [9.17, 15) is 43.3 Å². The standard InChI is InChI=1S/C16H16N2O12S4/c1-2-16(32(23,24)18-34(28,29)30)6-5-11-13(8-16)15(20)12-7-9(3-4-10(12)14(11)19)31(21,22)17-33(25,26)27/h3-7,17-18H,2,8H2,1H3,(H,25,26,27)(H,28,29,30). The fourth-order valence-electron chi connectivity index (χ4n) is 3.61. The van der Waals surface area contributed by atoms with Crippen LogP contribution in [0.15, 0.2) is 46.4 Å². The van der Waals surface area contributed by atoms with E-state index in [1.54, 1.807) is 0 Å². The van der Waals surface area contributed by atoms with Crippen LogP contribution in [0.3, 0.4) is 0 Å². The van der Waals surface area contributed by atoms with Gasteiger partial charge in [0, 0.05) is 28.7 Å². The van der Waals surface area contributed by atoms with E-state index in [1.807, 2.05) is 0 Å². The molecule has 0 radical (unpaired) electrons. The molecule has 0 aliphatic heterocycles. The van der Waals surface area contributed by atoms with Crippen LogP contribution in [0.4, 0.5) is 0 Å².